The SMILES string of the molecule is CC(=O)c1cccc(-c2ncc(C)c(NCCN(C(C)C)C(C)C)n2)c1. The van der Waals surface area contributed by atoms with E-state index < -0.39 is 0 Å². The first-order valence-corrected chi connectivity index (χ1v) is 9.24. The summed E-state index contributed by atoms with van der Waals surface area (Å²) < 4.78 is 0. The van der Waals surface area contributed by atoms with Crippen molar-refractivity contribution in [3.8, 4) is 11.4 Å². The molecule has 2 aromatic rings. The number of aryl methyl sites for hydroxylation is 1. The van der Waals surface area contributed by atoms with E-state index in [1.165, 1.54) is 0 Å². The molecular weight excluding hydrogens is 324 g/mol. The smallest absolute Gasteiger partial charge is 0.161 e. The summed E-state index contributed by atoms with van der Waals surface area (Å²) in [6.45, 7) is 14.2. The Labute approximate surface area is 156 Å². The summed E-state index contributed by atoms with van der Waals surface area (Å²) in [6, 6.07) is 8.47. The summed E-state index contributed by atoms with van der Waals surface area (Å²) in [5.41, 5.74) is 2.54. The van der Waals surface area contributed by atoms with Gasteiger partial charge in [-0.05, 0) is 47.6 Å². The van der Waals surface area contributed by atoms with Gasteiger partial charge in [0.1, 0.15) is 5.82 Å². The molecule has 1 aromatic heterocycles. The molecule has 1 aromatic carbocycles. The molecule has 0 atom stereocenters. The van der Waals surface area contributed by atoms with Gasteiger partial charge >= 0.3 is 0 Å². The molecule has 0 fully saturated rings. The van der Waals surface area contributed by atoms with E-state index in [2.05, 4.69) is 47.9 Å². The molecule has 0 aliphatic rings. The molecule has 0 unspecified atom stereocenters. The Morgan fingerprint density at radius 2 is 1.88 bits per heavy atom. The van der Waals surface area contributed by atoms with Gasteiger partial charge < -0.3 is 5.32 Å². The van der Waals surface area contributed by atoms with Crippen LogP contribution >= 0.6 is 0 Å². The lowest BCUT2D eigenvalue weighted by atomic mass is 10.1. The van der Waals surface area contributed by atoms with Gasteiger partial charge in [-0.3, -0.25) is 9.69 Å². The highest BCUT2D eigenvalue weighted by Gasteiger charge is 2.13. The molecule has 26 heavy (non-hydrogen) atoms. The van der Waals surface area contributed by atoms with Crippen LogP contribution in [0.1, 0.15) is 50.5 Å². The second-order valence-electron chi connectivity index (χ2n) is 7.21. The van der Waals surface area contributed by atoms with Crippen molar-refractivity contribution in [3.63, 3.8) is 0 Å². The van der Waals surface area contributed by atoms with Crippen molar-refractivity contribution < 1.29 is 4.79 Å². The average Bonchev–Trinajstić information content (AvgIpc) is 2.59. The van der Waals surface area contributed by atoms with Gasteiger partial charge in [-0.2, -0.15) is 0 Å². The van der Waals surface area contributed by atoms with Crippen molar-refractivity contribution >= 4 is 11.6 Å². The van der Waals surface area contributed by atoms with Crippen LogP contribution in [0, 0.1) is 6.92 Å². The topological polar surface area (TPSA) is 58.1 Å². The van der Waals surface area contributed by atoms with E-state index in [1.54, 1.807) is 6.92 Å². The Hall–Kier alpha value is -2.27. The highest BCUT2D eigenvalue weighted by atomic mass is 16.1. The number of hydrogen-bond acceptors (Lipinski definition) is 5. The first kappa shape index (κ1) is 20.0. The Morgan fingerprint density at radius 1 is 1.19 bits per heavy atom. The van der Waals surface area contributed by atoms with Gasteiger partial charge in [0.05, 0.1) is 0 Å². The second kappa shape index (κ2) is 8.90. The van der Waals surface area contributed by atoms with Crippen molar-refractivity contribution in [1.82, 2.24) is 14.9 Å². The first-order chi connectivity index (χ1) is 12.3. The number of ketones is 1. The molecular formula is C21H30N4O. The van der Waals surface area contributed by atoms with Gasteiger partial charge in [-0.15, -0.1) is 0 Å². The van der Waals surface area contributed by atoms with Crippen LogP contribution in [0.15, 0.2) is 30.5 Å². The monoisotopic (exact) mass is 354 g/mol. The highest BCUT2D eigenvalue weighted by molar-refractivity contribution is 5.95. The zero-order chi connectivity index (χ0) is 19.3. The minimum atomic E-state index is 0.0415. The number of carbonyl (C=O) groups is 1. The molecule has 1 heterocycles. The Bertz CT molecular complexity index is 747. The van der Waals surface area contributed by atoms with Crippen LogP contribution in [0.5, 0.6) is 0 Å². The quantitative estimate of drug-likeness (QED) is 0.721. The number of benzene rings is 1. The van der Waals surface area contributed by atoms with Crippen LogP contribution in [0.25, 0.3) is 11.4 Å². The molecule has 0 saturated heterocycles. The third-order valence-corrected chi connectivity index (χ3v) is 4.49. The van der Waals surface area contributed by atoms with Crippen LogP contribution in [-0.2, 0) is 0 Å². The summed E-state index contributed by atoms with van der Waals surface area (Å²) in [7, 11) is 0. The molecule has 5 heteroatoms. The number of Topliss-reactive ketones (excluding diaryl/α,β-unsaturated/α-hetero) is 1. The summed E-state index contributed by atoms with van der Waals surface area (Å²) >= 11 is 0. The maximum Gasteiger partial charge on any atom is 0.161 e. The zero-order valence-corrected chi connectivity index (χ0v) is 16.7. The van der Waals surface area contributed by atoms with E-state index in [4.69, 9.17) is 0 Å². The lowest BCUT2D eigenvalue weighted by Gasteiger charge is -2.30. The number of anilines is 1. The van der Waals surface area contributed by atoms with E-state index >= 15 is 0 Å². The Morgan fingerprint density at radius 3 is 2.50 bits per heavy atom. The predicted octanol–water partition coefficient (Wildman–Crippen LogP) is 4.19. The third kappa shape index (κ3) is 5.11. The Balaban J connectivity index is 2.15. The molecule has 5 nitrogen and oxygen atoms in total. The van der Waals surface area contributed by atoms with Gasteiger partial charge in [0.2, 0.25) is 0 Å². The van der Waals surface area contributed by atoms with Crippen molar-refractivity contribution in [2.75, 3.05) is 18.4 Å². The van der Waals surface area contributed by atoms with Crippen LogP contribution in [-0.4, -0.2) is 45.8 Å². The van der Waals surface area contributed by atoms with E-state index in [0.717, 1.165) is 30.0 Å². The minimum absolute atomic E-state index is 0.0415. The van der Waals surface area contributed by atoms with Gasteiger partial charge in [0, 0.05) is 48.1 Å². The number of aromatic nitrogens is 2. The lowest BCUT2D eigenvalue weighted by Crippen LogP contribution is -2.40. The molecule has 2 rings (SSSR count). The average molecular weight is 354 g/mol. The molecule has 140 valence electrons. The van der Waals surface area contributed by atoms with Gasteiger partial charge in [0.15, 0.2) is 11.6 Å². The van der Waals surface area contributed by atoms with E-state index in [9.17, 15) is 4.79 Å². The zero-order valence-electron chi connectivity index (χ0n) is 16.7. The largest absolute Gasteiger partial charge is 0.368 e. The third-order valence-electron chi connectivity index (χ3n) is 4.49. The summed E-state index contributed by atoms with van der Waals surface area (Å²) in [5, 5.41) is 3.44. The number of nitrogens with zero attached hydrogens (tertiary/aromatic N) is 3. The van der Waals surface area contributed by atoms with E-state index in [-0.39, 0.29) is 5.78 Å². The molecule has 1 N–H and O–H groups in total. The van der Waals surface area contributed by atoms with E-state index in [0.29, 0.717) is 23.5 Å². The van der Waals surface area contributed by atoms with Crippen LogP contribution in [0.3, 0.4) is 0 Å². The lowest BCUT2D eigenvalue weighted by molar-refractivity contribution is 0.101. The maximum absolute atomic E-state index is 11.6. The van der Waals surface area contributed by atoms with Crippen LogP contribution in [0.4, 0.5) is 5.82 Å². The maximum atomic E-state index is 11.6. The van der Waals surface area contributed by atoms with Gasteiger partial charge in [-0.1, -0.05) is 18.2 Å². The minimum Gasteiger partial charge on any atom is -0.368 e. The summed E-state index contributed by atoms with van der Waals surface area (Å²) in [4.78, 5) is 23.2. The van der Waals surface area contributed by atoms with Crippen molar-refractivity contribution in [2.24, 2.45) is 0 Å². The predicted molar refractivity (Wildman–Crippen MR) is 108 cm³/mol. The first-order valence-electron chi connectivity index (χ1n) is 9.24. The summed E-state index contributed by atoms with van der Waals surface area (Å²) in [5.74, 6) is 1.52. The molecule has 0 aliphatic carbocycles. The number of hydrogen-bond donors (Lipinski definition) is 1. The van der Waals surface area contributed by atoms with Gasteiger partial charge in [0.25, 0.3) is 0 Å². The van der Waals surface area contributed by atoms with E-state index in [1.807, 2.05) is 37.4 Å². The molecule has 0 saturated carbocycles. The number of carbonyl (C=O) groups excluding carboxylic acids is 1. The fraction of sp³-hybridized carbons (Fsp3) is 0.476. The normalized spacial score (nSPS) is 11.4. The molecule has 0 amide bonds. The van der Waals surface area contributed by atoms with Crippen molar-refractivity contribution in [2.45, 2.75) is 53.6 Å². The van der Waals surface area contributed by atoms with Gasteiger partial charge in [-0.25, -0.2) is 9.97 Å². The fourth-order valence-corrected chi connectivity index (χ4v) is 3.05. The van der Waals surface area contributed by atoms with Crippen molar-refractivity contribution in [1.29, 1.82) is 0 Å². The summed E-state index contributed by atoms with van der Waals surface area (Å²) in [6.07, 6.45) is 1.83. The van der Waals surface area contributed by atoms with Crippen molar-refractivity contribution in [3.05, 3.63) is 41.6 Å². The van der Waals surface area contributed by atoms with Crippen LogP contribution < -0.4 is 5.32 Å². The molecule has 0 aliphatic heterocycles. The van der Waals surface area contributed by atoms with Crippen LogP contribution in [0.2, 0.25) is 0 Å². The number of nitrogens with one attached hydrogen (secondary N) is 1. The Kier molecular flexibility index (Phi) is 6.86. The molecule has 0 spiro atoms. The standard InChI is InChI=1S/C21H30N4O/c1-14(2)25(15(3)4)11-10-22-20-16(5)13-23-21(24-20)19-9-7-8-18(12-19)17(6)26/h7-9,12-15H,10-11H2,1-6H3,(H,22,23,24). The second-order valence-corrected chi connectivity index (χ2v) is 7.21. The molecule has 0 radical (unpaired) electrons. The fourth-order valence-electron chi connectivity index (χ4n) is 3.05. The number of rotatable bonds is 8. The highest BCUT2D eigenvalue weighted by Crippen LogP contribution is 2.20. The molecule has 0 bridgehead atoms.